The maximum Gasteiger partial charge on any atom is 0.195 e. The highest BCUT2D eigenvalue weighted by atomic mass is 16.1. The van der Waals surface area contributed by atoms with Crippen LogP contribution in [0, 0.1) is 6.92 Å². The number of aromatic nitrogens is 2. The monoisotopic (exact) mass is 251 g/mol. The highest BCUT2D eigenvalue weighted by molar-refractivity contribution is 6.17. The Bertz CT molecular complexity index is 774. The predicted molar refractivity (Wildman–Crippen MR) is 75.1 cm³/mol. The number of hydrogen-bond acceptors (Lipinski definition) is 3. The fourth-order valence-electron chi connectivity index (χ4n) is 2.20. The second-order valence-electron chi connectivity index (χ2n) is 4.47. The van der Waals surface area contributed by atoms with Gasteiger partial charge in [-0.3, -0.25) is 9.78 Å². The number of fused-ring (bicyclic) bond motifs is 1. The first-order chi connectivity index (χ1) is 9.18. The van der Waals surface area contributed by atoms with Crippen LogP contribution in [0.1, 0.15) is 21.5 Å². The topological polar surface area (TPSA) is 71.8 Å². The number of anilines is 1. The van der Waals surface area contributed by atoms with Gasteiger partial charge in [0.2, 0.25) is 0 Å². The number of carbonyl (C=O) groups excluding carboxylic acids is 1. The number of rotatable bonds is 2. The summed E-state index contributed by atoms with van der Waals surface area (Å²) in [5.41, 5.74) is 9.45. The number of benzene rings is 1. The number of nitrogens with zero attached hydrogens (tertiary/aromatic N) is 1. The number of carbonyl (C=O) groups is 1. The van der Waals surface area contributed by atoms with E-state index in [-0.39, 0.29) is 5.78 Å². The summed E-state index contributed by atoms with van der Waals surface area (Å²) >= 11 is 0. The van der Waals surface area contributed by atoms with Crippen molar-refractivity contribution in [3.05, 3.63) is 59.5 Å². The van der Waals surface area contributed by atoms with Gasteiger partial charge in [0.05, 0.1) is 0 Å². The van der Waals surface area contributed by atoms with Gasteiger partial charge in [0.25, 0.3) is 0 Å². The van der Waals surface area contributed by atoms with Crippen molar-refractivity contribution < 1.29 is 4.79 Å². The minimum Gasteiger partial charge on any atom is -0.398 e. The molecular formula is C15H13N3O. The van der Waals surface area contributed by atoms with E-state index in [2.05, 4.69) is 9.97 Å². The van der Waals surface area contributed by atoms with E-state index in [1.165, 1.54) is 0 Å². The molecule has 0 saturated carbocycles. The van der Waals surface area contributed by atoms with E-state index in [0.717, 1.165) is 16.5 Å². The van der Waals surface area contributed by atoms with Gasteiger partial charge in [-0.05, 0) is 24.6 Å². The van der Waals surface area contributed by atoms with E-state index in [1.807, 2.05) is 13.0 Å². The average Bonchev–Trinajstić information content (AvgIpc) is 2.85. The molecule has 0 atom stereocenters. The number of H-pyrrole nitrogens is 1. The Labute approximate surface area is 110 Å². The predicted octanol–water partition coefficient (Wildman–Crippen LogP) is 2.68. The molecule has 4 nitrogen and oxygen atoms in total. The second kappa shape index (κ2) is 4.24. The normalized spacial score (nSPS) is 10.8. The van der Waals surface area contributed by atoms with E-state index in [9.17, 15) is 4.79 Å². The summed E-state index contributed by atoms with van der Waals surface area (Å²) in [6, 6.07) is 7.23. The van der Waals surface area contributed by atoms with E-state index in [1.54, 1.807) is 36.8 Å². The molecule has 0 unspecified atom stereocenters. The van der Waals surface area contributed by atoms with Gasteiger partial charge in [0, 0.05) is 46.3 Å². The van der Waals surface area contributed by atoms with Gasteiger partial charge in [-0.15, -0.1) is 0 Å². The van der Waals surface area contributed by atoms with E-state index in [0.29, 0.717) is 16.8 Å². The molecule has 19 heavy (non-hydrogen) atoms. The van der Waals surface area contributed by atoms with Crippen molar-refractivity contribution in [1.29, 1.82) is 0 Å². The van der Waals surface area contributed by atoms with Crippen LogP contribution < -0.4 is 5.73 Å². The quantitative estimate of drug-likeness (QED) is 0.543. The molecular weight excluding hydrogens is 238 g/mol. The molecule has 0 spiro atoms. The minimum absolute atomic E-state index is 0.0379. The van der Waals surface area contributed by atoms with Gasteiger partial charge < -0.3 is 10.7 Å². The summed E-state index contributed by atoms with van der Waals surface area (Å²) < 4.78 is 0. The fourth-order valence-corrected chi connectivity index (χ4v) is 2.20. The Kier molecular flexibility index (Phi) is 2.56. The van der Waals surface area contributed by atoms with Gasteiger partial charge in [-0.2, -0.15) is 0 Å². The van der Waals surface area contributed by atoms with Crippen LogP contribution in [-0.4, -0.2) is 15.8 Å². The van der Waals surface area contributed by atoms with Gasteiger partial charge in [-0.25, -0.2) is 0 Å². The number of nitrogen functional groups attached to an aromatic ring is 1. The molecule has 0 fully saturated rings. The first-order valence-electron chi connectivity index (χ1n) is 5.99. The molecule has 3 aromatic rings. The lowest BCUT2D eigenvalue weighted by Crippen LogP contribution is -2.05. The number of aromatic amines is 1. The molecule has 2 aromatic heterocycles. The van der Waals surface area contributed by atoms with Crippen LogP contribution in [-0.2, 0) is 0 Å². The molecule has 0 aliphatic rings. The summed E-state index contributed by atoms with van der Waals surface area (Å²) in [5, 5.41) is 0.828. The Hall–Kier alpha value is -2.62. The van der Waals surface area contributed by atoms with Crippen molar-refractivity contribution in [1.82, 2.24) is 9.97 Å². The molecule has 0 amide bonds. The molecule has 2 heterocycles. The van der Waals surface area contributed by atoms with Gasteiger partial charge in [-0.1, -0.05) is 12.1 Å². The molecule has 0 bridgehead atoms. The van der Waals surface area contributed by atoms with Gasteiger partial charge in [0.15, 0.2) is 5.78 Å². The lowest BCUT2D eigenvalue weighted by atomic mass is 9.98. The third-order valence-electron chi connectivity index (χ3n) is 3.35. The zero-order valence-corrected chi connectivity index (χ0v) is 10.5. The number of hydrogen-bond donors (Lipinski definition) is 2. The van der Waals surface area contributed by atoms with Gasteiger partial charge in [0.1, 0.15) is 0 Å². The van der Waals surface area contributed by atoms with Crippen molar-refractivity contribution in [3.8, 4) is 0 Å². The van der Waals surface area contributed by atoms with Gasteiger partial charge >= 0.3 is 0 Å². The maximum atomic E-state index is 12.6. The number of nitrogens with two attached hydrogens (primary N) is 1. The summed E-state index contributed by atoms with van der Waals surface area (Å²) in [5.74, 6) is -0.0379. The number of nitrogens with one attached hydrogen (secondary N) is 1. The largest absolute Gasteiger partial charge is 0.398 e. The molecule has 94 valence electrons. The van der Waals surface area contributed by atoms with Crippen molar-refractivity contribution in [2.45, 2.75) is 6.92 Å². The van der Waals surface area contributed by atoms with Crippen molar-refractivity contribution in [3.63, 3.8) is 0 Å². The van der Waals surface area contributed by atoms with E-state index >= 15 is 0 Å². The van der Waals surface area contributed by atoms with Crippen LogP contribution in [0.5, 0.6) is 0 Å². The Morgan fingerprint density at radius 3 is 2.95 bits per heavy atom. The molecule has 0 saturated heterocycles. The van der Waals surface area contributed by atoms with Crippen LogP contribution in [0.4, 0.5) is 5.69 Å². The zero-order valence-electron chi connectivity index (χ0n) is 10.5. The van der Waals surface area contributed by atoms with Crippen molar-refractivity contribution in [2.24, 2.45) is 0 Å². The first kappa shape index (κ1) is 11.5. The van der Waals surface area contributed by atoms with Crippen LogP contribution in [0.25, 0.3) is 10.9 Å². The van der Waals surface area contributed by atoms with Crippen LogP contribution >= 0.6 is 0 Å². The summed E-state index contributed by atoms with van der Waals surface area (Å²) in [4.78, 5) is 19.7. The van der Waals surface area contributed by atoms with Crippen LogP contribution in [0.15, 0.2) is 42.9 Å². The first-order valence-corrected chi connectivity index (χ1v) is 5.99. The molecule has 4 heteroatoms. The SMILES string of the molecule is Cc1c(N)cccc1C(=O)c1c[nH]c2ccncc12. The Balaban J connectivity index is 2.17. The third kappa shape index (κ3) is 1.78. The molecule has 3 rings (SSSR count). The number of pyridine rings is 1. The Morgan fingerprint density at radius 2 is 2.11 bits per heavy atom. The summed E-state index contributed by atoms with van der Waals surface area (Å²) in [6.07, 6.45) is 5.11. The summed E-state index contributed by atoms with van der Waals surface area (Å²) in [6.45, 7) is 1.86. The van der Waals surface area contributed by atoms with Crippen molar-refractivity contribution >= 4 is 22.4 Å². The molecule has 1 aromatic carbocycles. The lowest BCUT2D eigenvalue weighted by molar-refractivity contribution is 0.104. The highest BCUT2D eigenvalue weighted by Gasteiger charge is 2.16. The highest BCUT2D eigenvalue weighted by Crippen LogP contribution is 2.23. The minimum atomic E-state index is -0.0379. The maximum absolute atomic E-state index is 12.6. The van der Waals surface area contributed by atoms with Crippen LogP contribution in [0.3, 0.4) is 0 Å². The standard InChI is InChI=1S/C15H13N3O/c1-9-10(3-2-4-13(9)16)15(19)12-8-18-14-5-6-17-7-11(12)14/h2-8,18H,16H2,1H3. The van der Waals surface area contributed by atoms with Crippen molar-refractivity contribution in [2.75, 3.05) is 5.73 Å². The molecule has 0 aliphatic carbocycles. The third-order valence-corrected chi connectivity index (χ3v) is 3.35. The lowest BCUT2D eigenvalue weighted by Gasteiger charge is -2.06. The fraction of sp³-hybridized carbons (Fsp3) is 0.0667. The van der Waals surface area contributed by atoms with E-state index in [4.69, 9.17) is 5.73 Å². The van der Waals surface area contributed by atoms with Crippen LogP contribution in [0.2, 0.25) is 0 Å². The molecule has 0 aliphatic heterocycles. The summed E-state index contributed by atoms with van der Waals surface area (Å²) in [7, 11) is 0. The molecule has 3 N–H and O–H groups in total. The zero-order chi connectivity index (χ0) is 13.4. The molecule has 0 radical (unpaired) electrons. The average molecular weight is 251 g/mol. The Morgan fingerprint density at radius 1 is 1.26 bits per heavy atom. The second-order valence-corrected chi connectivity index (χ2v) is 4.47. The number of ketones is 1. The van der Waals surface area contributed by atoms with E-state index < -0.39 is 0 Å². The smallest absolute Gasteiger partial charge is 0.195 e.